The lowest BCUT2D eigenvalue weighted by atomic mass is 10.0. The second kappa shape index (κ2) is 8.41. The summed E-state index contributed by atoms with van der Waals surface area (Å²) in [5.41, 5.74) is 2.24. The van der Waals surface area contributed by atoms with E-state index in [-0.39, 0.29) is 17.2 Å². The molecule has 0 spiro atoms. The second-order valence-electron chi connectivity index (χ2n) is 7.43. The van der Waals surface area contributed by atoms with Crippen LogP contribution >= 0.6 is 11.8 Å². The molecule has 1 aliphatic rings. The highest BCUT2D eigenvalue weighted by Gasteiger charge is 2.25. The topological polar surface area (TPSA) is 83.9 Å². The molecular weight excluding hydrogens is 386 g/mol. The Morgan fingerprint density at radius 2 is 2.07 bits per heavy atom. The van der Waals surface area contributed by atoms with Crippen LogP contribution in [0.4, 0.5) is 0 Å². The van der Waals surface area contributed by atoms with Crippen LogP contribution in [0.2, 0.25) is 0 Å². The third-order valence-corrected chi connectivity index (χ3v) is 6.30. The van der Waals surface area contributed by atoms with Crippen LogP contribution in [-0.4, -0.2) is 48.9 Å². The Morgan fingerprint density at radius 3 is 2.83 bits per heavy atom. The van der Waals surface area contributed by atoms with Crippen molar-refractivity contribution in [2.24, 2.45) is 0 Å². The van der Waals surface area contributed by atoms with Crippen LogP contribution in [0.3, 0.4) is 0 Å². The molecule has 0 bridgehead atoms. The zero-order valence-electron chi connectivity index (χ0n) is 16.7. The number of aromatic nitrogens is 4. The fourth-order valence-electron chi connectivity index (χ4n) is 3.81. The number of piperidine rings is 1. The first kappa shape index (κ1) is 19.7. The summed E-state index contributed by atoms with van der Waals surface area (Å²) in [6.07, 6.45) is 5.82. The van der Waals surface area contributed by atoms with Gasteiger partial charge in [-0.25, -0.2) is 9.67 Å². The van der Waals surface area contributed by atoms with Crippen molar-refractivity contribution in [1.29, 1.82) is 0 Å². The van der Waals surface area contributed by atoms with Crippen LogP contribution < -0.4 is 5.56 Å². The minimum atomic E-state index is -0.243. The standard InChI is InChI=1S/C21H25N5O2S/c1-3-15-6-4-5-11-25(15)18(27)13-29-21-23-19-17(20(28)24-21)12-22-26(19)16-9-7-14(2)8-10-16/h7-10,12,15H,3-6,11,13H2,1-2H3,(H,23,24,28)/t15-/m0/s1. The molecule has 0 saturated carbocycles. The number of hydrogen-bond donors (Lipinski definition) is 1. The number of aryl methyl sites for hydroxylation is 1. The van der Waals surface area contributed by atoms with Crippen LogP contribution in [-0.2, 0) is 4.79 Å². The van der Waals surface area contributed by atoms with Crippen LogP contribution in [0.15, 0.2) is 40.4 Å². The molecule has 29 heavy (non-hydrogen) atoms. The number of amides is 1. The van der Waals surface area contributed by atoms with Crippen molar-refractivity contribution in [3.63, 3.8) is 0 Å². The zero-order chi connectivity index (χ0) is 20.4. The molecule has 3 aromatic rings. The quantitative estimate of drug-likeness (QED) is 0.514. The molecule has 1 N–H and O–H groups in total. The molecule has 1 aliphatic heterocycles. The van der Waals surface area contributed by atoms with Crippen molar-refractivity contribution < 1.29 is 4.79 Å². The molecule has 1 saturated heterocycles. The highest BCUT2D eigenvalue weighted by molar-refractivity contribution is 7.99. The SMILES string of the molecule is CC[C@H]1CCCCN1C(=O)CSc1nc2c(cnn2-c2ccc(C)cc2)c(=O)[nH]1. The van der Waals surface area contributed by atoms with Crippen LogP contribution in [0.1, 0.15) is 38.2 Å². The Labute approximate surface area is 173 Å². The fraction of sp³-hybridized carbons (Fsp3) is 0.429. The van der Waals surface area contributed by atoms with Crippen molar-refractivity contribution in [1.82, 2.24) is 24.6 Å². The molecule has 1 aromatic carbocycles. The summed E-state index contributed by atoms with van der Waals surface area (Å²) in [6, 6.07) is 8.21. The molecule has 1 atom stereocenters. The number of nitrogens with zero attached hydrogens (tertiary/aromatic N) is 4. The van der Waals surface area contributed by atoms with Crippen molar-refractivity contribution in [2.75, 3.05) is 12.3 Å². The molecular formula is C21H25N5O2S. The molecule has 0 aliphatic carbocycles. The first-order valence-electron chi connectivity index (χ1n) is 10.0. The van der Waals surface area contributed by atoms with E-state index in [1.54, 1.807) is 4.68 Å². The molecule has 8 heteroatoms. The average Bonchev–Trinajstić information content (AvgIpc) is 3.17. The summed E-state index contributed by atoms with van der Waals surface area (Å²) < 4.78 is 1.66. The molecule has 7 nitrogen and oxygen atoms in total. The predicted molar refractivity (Wildman–Crippen MR) is 115 cm³/mol. The van der Waals surface area contributed by atoms with Gasteiger partial charge in [-0.2, -0.15) is 5.10 Å². The summed E-state index contributed by atoms with van der Waals surface area (Å²) in [7, 11) is 0. The smallest absolute Gasteiger partial charge is 0.262 e. The molecule has 3 heterocycles. The Kier molecular flexibility index (Phi) is 5.71. The van der Waals surface area contributed by atoms with E-state index in [9.17, 15) is 9.59 Å². The Balaban J connectivity index is 1.56. The van der Waals surface area contributed by atoms with E-state index in [0.29, 0.717) is 22.2 Å². The van der Waals surface area contributed by atoms with E-state index < -0.39 is 0 Å². The van der Waals surface area contributed by atoms with Crippen molar-refractivity contribution in [2.45, 2.75) is 50.7 Å². The fourth-order valence-corrected chi connectivity index (χ4v) is 4.55. The van der Waals surface area contributed by atoms with Crippen LogP contribution in [0.5, 0.6) is 0 Å². The van der Waals surface area contributed by atoms with Gasteiger partial charge in [-0.15, -0.1) is 0 Å². The highest BCUT2D eigenvalue weighted by atomic mass is 32.2. The van der Waals surface area contributed by atoms with Gasteiger partial charge in [0.1, 0.15) is 5.39 Å². The summed E-state index contributed by atoms with van der Waals surface area (Å²) in [5.74, 6) is 0.375. The normalized spacial score (nSPS) is 17.0. The lowest BCUT2D eigenvalue weighted by Crippen LogP contribution is -2.44. The minimum absolute atomic E-state index is 0.108. The number of nitrogens with one attached hydrogen (secondary N) is 1. The van der Waals surface area contributed by atoms with Gasteiger partial charge in [0.05, 0.1) is 17.6 Å². The van der Waals surface area contributed by atoms with Gasteiger partial charge in [-0.05, 0) is 44.7 Å². The van der Waals surface area contributed by atoms with Gasteiger partial charge >= 0.3 is 0 Å². The monoisotopic (exact) mass is 411 g/mol. The van der Waals surface area contributed by atoms with E-state index in [4.69, 9.17) is 0 Å². The van der Waals surface area contributed by atoms with Gasteiger partial charge in [0.2, 0.25) is 5.91 Å². The first-order valence-corrected chi connectivity index (χ1v) is 11.0. The number of rotatable bonds is 5. The Bertz CT molecular complexity index is 1070. The third kappa shape index (κ3) is 4.07. The van der Waals surface area contributed by atoms with Crippen molar-refractivity contribution in [3.05, 3.63) is 46.4 Å². The number of carbonyl (C=O) groups excluding carboxylic acids is 1. The van der Waals surface area contributed by atoms with E-state index in [1.807, 2.05) is 36.1 Å². The number of fused-ring (bicyclic) bond motifs is 1. The van der Waals surface area contributed by atoms with Gasteiger partial charge in [-0.1, -0.05) is 36.4 Å². The van der Waals surface area contributed by atoms with Crippen LogP contribution in [0, 0.1) is 6.92 Å². The lowest BCUT2D eigenvalue weighted by molar-refractivity contribution is -0.132. The molecule has 152 valence electrons. The maximum absolute atomic E-state index is 12.7. The Hall–Kier alpha value is -2.61. The number of carbonyl (C=O) groups is 1. The summed E-state index contributed by atoms with van der Waals surface area (Å²) in [6.45, 7) is 4.97. The number of aromatic amines is 1. The van der Waals surface area contributed by atoms with Gasteiger partial charge in [0.15, 0.2) is 10.8 Å². The van der Waals surface area contributed by atoms with E-state index >= 15 is 0 Å². The minimum Gasteiger partial charge on any atom is -0.339 e. The largest absolute Gasteiger partial charge is 0.339 e. The van der Waals surface area contributed by atoms with Gasteiger partial charge in [-0.3, -0.25) is 9.59 Å². The molecule has 1 amide bonds. The van der Waals surface area contributed by atoms with Crippen molar-refractivity contribution in [3.8, 4) is 5.69 Å². The molecule has 2 aromatic heterocycles. The number of benzene rings is 1. The maximum Gasteiger partial charge on any atom is 0.262 e. The molecule has 4 rings (SSSR count). The molecule has 0 radical (unpaired) electrons. The second-order valence-corrected chi connectivity index (χ2v) is 8.40. The number of likely N-dealkylation sites (tertiary alicyclic amines) is 1. The first-order chi connectivity index (χ1) is 14.1. The Morgan fingerprint density at radius 1 is 1.28 bits per heavy atom. The number of H-pyrrole nitrogens is 1. The van der Waals surface area contributed by atoms with E-state index in [1.165, 1.54) is 24.4 Å². The van der Waals surface area contributed by atoms with Crippen LogP contribution in [0.25, 0.3) is 16.7 Å². The van der Waals surface area contributed by atoms with Crippen molar-refractivity contribution >= 4 is 28.7 Å². The average molecular weight is 412 g/mol. The summed E-state index contributed by atoms with van der Waals surface area (Å²) in [5, 5.41) is 5.21. The van der Waals surface area contributed by atoms with Gasteiger partial charge in [0.25, 0.3) is 5.56 Å². The number of hydrogen-bond acceptors (Lipinski definition) is 5. The van der Waals surface area contributed by atoms with E-state index in [2.05, 4.69) is 22.0 Å². The summed E-state index contributed by atoms with van der Waals surface area (Å²) >= 11 is 1.27. The summed E-state index contributed by atoms with van der Waals surface area (Å²) in [4.78, 5) is 34.6. The molecule has 1 fully saturated rings. The highest BCUT2D eigenvalue weighted by Crippen LogP contribution is 2.23. The number of thioether (sulfide) groups is 1. The van der Waals surface area contributed by atoms with E-state index in [0.717, 1.165) is 37.1 Å². The third-order valence-electron chi connectivity index (χ3n) is 5.45. The zero-order valence-corrected chi connectivity index (χ0v) is 17.5. The van der Waals surface area contributed by atoms with Gasteiger partial charge < -0.3 is 9.88 Å². The van der Waals surface area contributed by atoms with Gasteiger partial charge in [0, 0.05) is 12.6 Å². The predicted octanol–water partition coefficient (Wildman–Crippen LogP) is 3.30. The lowest BCUT2D eigenvalue weighted by Gasteiger charge is -2.35. The molecule has 0 unspecified atom stereocenters. The maximum atomic E-state index is 12.7.